The van der Waals surface area contributed by atoms with E-state index in [9.17, 15) is 9.59 Å². The third kappa shape index (κ3) is 4.91. The van der Waals surface area contributed by atoms with Gasteiger partial charge in [0.1, 0.15) is 5.75 Å². The quantitative estimate of drug-likeness (QED) is 0.801. The van der Waals surface area contributed by atoms with Gasteiger partial charge in [-0.15, -0.1) is 0 Å². The van der Waals surface area contributed by atoms with Crippen LogP contribution in [0.4, 0.5) is 0 Å². The minimum Gasteiger partial charge on any atom is -0.496 e. The van der Waals surface area contributed by atoms with Crippen LogP contribution in [0.25, 0.3) is 0 Å². The van der Waals surface area contributed by atoms with Crippen molar-refractivity contribution in [1.29, 1.82) is 0 Å². The molecule has 110 valence electrons. The third-order valence-electron chi connectivity index (χ3n) is 2.84. The standard InChI is InChI=1S/C15H21NO4/c1-10(2)8-14(17)16-7-6-11-4-5-12(15(18)19)9-13(11)20-3/h4-5,9-10H,6-8H2,1-3H3,(H,16,17)(H,18,19). The lowest BCUT2D eigenvalue weighted by molar-refractivity contribution is -0.121. The topological polar surface area (TPSA) is 75.6 Å². The van der Waals surface area contributed by atoms with Gasteiger partial charge in [-0.05, 0) is 30.0 Å². The van der Waals surface area contributed by atoms with Crippen LogP contribution >= 0.6 is 0 Å². The van der Waals surface area contributed by atoms with Gasteiger partial charge >= 0.3 is 5.97 Å². The molecule has 0 aliphatic carbocycles. The van der Waals surface area contributed by atoms with Crippen LogP contribution in [0.5, 0.6) is 5.75 Å². The highest BCUT2D eigenvalue weighted by Crippen LogP contribution is 2.20. The Bertz CT molecular complexity index is 483. The lowest BCUT2D eigenvalue weighted by Crippen LogP contribution is -2.26. The third-order valence-corrected chi connectivity index (χ3v) is 2.84. The molecular formula is C15H21NO4. The van der Waals surface area contributed by atoms with Gasteiger partial charge in [0, 0.05) is 13.0 Å². The molecule has 5 nitrogen and oxygen atoms in total. The summed E-state index contributed by atoms with van der Waals surface area (Å²) in [6.45, 7) is 4.49. The summed E-state index contributed by atoms with van der Waals surface area (Å²) in [5, 5.41) is 11.8. The summed E-state index contributed by atoms with van der Waals surface area (Å²) >= 11 is 0. The molecule has 0 aromatic heterocycles. The minimum atomic E-state index is -0.986. The number of ether oxygens (including phenoxy) is 1. The fraction of sp³-hybridized carbons (Fsp3) is 0.467. The molecule has 0 atom stereocenters. The number of carbonyl (C=O) groups is 2. The molecule has 0 saturated heterocycles. The second-order valence-corrected chi connectivity index (χ2v) is 5.03. The summed E-state index contributed by atoms with van der Waals surface area (Å²) < 4.78 is 5.18. The average molecular weight is 279 g/mol. The van der Waals surface area contributed by atoms with Crippen molar-refractivity contribution in [1.82, 2.24) is 5.32 Å². The van der Waals surface area contributed by atoms with E-state index < -0.39 is 5.97 Å². The SMILES string of the molecule is COc1cc(C(=O)O)ccc1CCNC(=O)CC(C)C. The zero-order valence-corrected chi connectivity index (χ0v) is 12.1. The average Bonchev–Trinajstić information content (AvgIpc) is 2.37. The van der Waals surface area contributed by atoms with Gasteiger partial charge in [0.15, 0.2) is 0 Å². The number of hydrogen-bond acceptors (Lipinski definition) is 3. The molecule has 0 unspecified atom stereocenters. The van der Waals surface area contributed by atoms with Crippen molar-refractivity contribution >= 4 is 11.9 Å². The van der Waals surface area contributed by atoms with Crippen molar-refractivity contribution in [2.75, 3.05) is 13.7 Å². The second kappa shape index (κ2) is 7.53. The number of carboxylic acid groups (broad SMARTS) is 1. The van der Waals surface area contributed by atoms with Crippen LogP contribution in [0.15, 0.2) is 18.2 Å². The van der Waals surface area contributed by atoms with Gasteiger partial charge < -0.3 is 15.2 Å². The lowest BCUT2D eigenvalue weighted by Gasteiger charge is -2.11. The zero-order valence-electron chi connectivity index (χ0n) is 12.1. The van der Waals surface area contributed by atoms with Crippen molar-refractivity contribution in [3.05, 3.63) is 29.3 Å². The van der Waals surface area contributed by atoms with Gasteiger partial charge in [0.05, 0.1) is 12.7 Å². The molecule has 1 aromatic carbocycles. The second-order valence-electron chi connectivity index (χ2n) is 5.03. The van der Waals surface area contributed by atoms with E-state index in [1.165, 1.54) is 19.2 Å². The molecule has 5 heteroatoms. The summed E-state index contributed by atoms with van der Waals surface area (Å²) in [6.07, 6.45) is 1.11. The number of benzene rings is 1. The van der Waals surface area contributed by atoms with Crippen molar-refractivity contribution < 1.29 is 19.4 Å². The largest absolute Gasteiger partial charge is 0.496 e. The Hall–Kier alpha value is -2.04. The van der Waals surface area contributed by atoms with E-state index in [1.807, 2.05) is 13.8 Å². The number of carbonyl (C=O) groups excluding carboxylic acids is 1. The van der Waals surface area contributed by atoms with Crippen molar-refractivity contribution in [2.45, 2.75) is 26.7 Å². The molecule has 0 saturated carbocycles. The summed E-state index contributed by atoms with van der Waals surface area (Å²) in [5.74, 6) is -0.0939. The molecule has 0 radical (unpaired) electrons. The van der Waals surface area contributed by atoms with Gasteiger partial charge in [0.2, 0.25) is 5.91 Å². The van der Waals surface area contributed by atoms with E-state index in [-0.39, 0.29) is 11.5 Å². The molecule has 2 N–H and O–H groups in total. The first-order chi connectivity index (χ1) is 9.43. The molecule has 20 heavy (non-hydrogen) atoms. The first-order valence-corrected chi connectivity index (χ1v) is 6.61. The van der Waals surface area contributed by atoms with Crippen molar-refractivity contribution in [3.63, 3.8) is 0 Å². The highest BCUT2D eigenvalue weighted by Gasteiger charge is 2.09. The Morgan fingerprint density at radius 2 is 2.05 bits per heavy atom. The summed E-state index contributed by atoms with van der Waals surface area (Å²) in [5.41, 5.74) is 1.07. The molecule has 0 heterocycles. The Morgan fingerprint density at radius 1 is 1.35 bits per heavy atom. The van der Waals surface area contributed by atoms with Gasteiger partial charge in [0.25, 0.3) is 0 Å². The van der Waals surface area contributed by atoms with E-state index in [0.717, 1.165) is 5.56 Å². The van der Waals surface area contributed by atoms with E-state index in [4.69, 9.17) is 9.84 Å². The van der Waals surface area contributed by atoms with Gasteiger partial charge in [-0.3, -0.25) is 4.79 Å². The molecule has 0 aliphatic rings. The number of amides is 1. The van der Waals surface area contributed by atoms with E-state index in [2.05, 4.69) is 5.32 Å². The highest BCUT2D eigenvalue weighted by atomic mass is 16.5. The molecule has 0 aliphatic heterocycles. The fourth-order valence-electron chi connectivity index (χ4n) is 1.86. The molecule has 1 aromatic rings. The Balaban J connectivity index is 2.60. The smallest absolute Gasteiger partial charge is 0.335 e. The fourth-order valence-corrected chi connectivity index (χ4v) is 1.86. The molecule has 0 bridgehead atoms. The number of hydrogen-bond donors (Lipinski definition) is 2. The van der Waals surface area contributed by atoms with Crippen LogP contribution in [0.1, 0.15) is 36.2 Å². The van der Waals surface area contributed by atoms with Crippen LogP contribution in [-0.2, 0) is 11.2 Å². The number of methoxy groups -OCH3 is 1. The van der Waals surface area contributed by atoms with E-state index in [1.54, 1.807) is 6.07 Å². The van der Waals surface area contributed by atoms with E-state index in [0.29, 0.717) is 31.1 Å². The zero-order chi connectivity index (χ0) is 15.1. The van der Waals surface area contributed by atoms with Crippen LogP contribution in [-0.4, -0.2) is 30.6 Å². The first-order valence-electron chi connectivity index (χ1n) is 6.61. The Labute approximate surface area is 118 Å². The van der Waals surface area contributed by atoms with E-state index >= 15 is 0 Å². The summed E-state index contributed by atoms with van der Waals surface area (Å²) in [6, 6.07) is 4.75. The maximum Gasteiger partial charge on any atom is 0.335 e. The molecule has 1 rings (SSSR count). The lowest BCUT2D eigenvalue weighted by atomic mass is 10.1. The number of rotatable bonds is 7. The monoisotopic (exact) mass is 279 g/mol. The van der Waals surface area contributed by atoms with Crippen LogP contribution in [0.3, 0.4) is 0 Å². The van der Waals surface area contributed by atoms with Crippen LogP contribution in [0, 0.1) is 5.92 Å². The number of nitrogens with one attached hydrogen (secondary N) is 1. The molecule has 0 spiro atoms. The minimum absolute atomic E-state index is 0.0288. The molecule has 1 amide bonds. The summed E-state index contributed by atoms with van der Waals surface area (Å²) in [4.78, 5) is 22.4. The van der Waals surface area contributed by atoms with Gasteiger partial charge in [-0.2, -0.15) is 0 Å². The first kappa shape index (κ1) is 16.0. The normalized spacial score (nSPS) is 10.4. The molecule has 0 fully saturated rings. The maximum absolute atomic E-state index is 11.5. The van der Waals surface area contributed by atoms with Crippen molar-refractivity contribution in [3.8, 4) is 5.75 Å². The van der Waals surface area contributed by atoms with Crippen molar-refractivity contribution in [2.24, 2.45) is 5.92 Å². The van der Waals surface area contributed by atoms with Crippen LogP contribution < -0.4 is 10.1 Å². The number of carboxylic acids is 1. The Kier molecular flexibility index (Phi) is 6.03. The predicted octanol–water partition coefficient (Wildman–Crippen LogP) is 2.10. The molecular weight excluding hydrogens is 258 g/mol. The highest BCUT2D eigenvalue weighted by molar-refractivity contribution is 5.88. The summed E-state index contributed by atoms with van der Waals surface area (Å²) in [7, 11) is 1.50. The van der Waals surface area contributed by atoms with Gasteiger partial charge in [-0.1, -0.05) is 19.9 Å². The van der Waals surface area contributed by atoms with Crippen LogP contribution in [0.2, 0.25) is 0 Å². The maximum atomic E-state index is 11.5. The predicted molar refractivity (Wildman–Crippen MR) is 76.1 cm³/mol. The number of aromatic carboxylic acids is 1. The Morgan fingerprint density at radius 3 is 2.60 bits per heavy atom. The van der Waals surface area contributed by atoms with Gasteiger partial charge in [-0.25, -0.2) is 4.79 Å².